The minimum absolute atomic E-state index is 0.303. The van der Waals surface area contributed by atoms with E-state index in [1.165, 1.54) is 0 Å². The number of halogens is 4. The van der Waals surface area contributed by atoms with Crippen molar-refractivity contribution in [2.45, 2.75) is 33.0 Å². The van der Waals surface area contributed by atoms with E-state index in [4.69, 9.17) is 0 Å². The summed E-state index contributed by atoms with van der Waals surface area (Å²) in [6.45, 7) is 8.97. The first kappa shape index (κ1) is 18.5. The Kier molecular flexibility index (Phi) is 5.33. The first-order valence-electron chi connectivity index (χ1n) is 7.56. The highest BCUT2D eigenvalue weighted by molar-refractivity contribution is 9.10. The van der Waals surface area contributed by atoms with Gasteiger partial charge in [0, 0.05) is 42.3 Å². The van der Waals surface area contributed by atoms with Gasteiger partial charge in [-0.3, -0.25) is 4.90 Å². The number of phenols is 1. The third-order valence-electron chi connectivity index (χ3n) is 4.04. The summed E-state index contributed by atoms with van der Waals surface area (Å²) >= 11 is 3.16. The summed E-state index contributed by atoms with van der Waals surface area (Å²) < 4.78 is 39.9. The molecule has 0 aromatic heterocycles. The van der Waals surface area contributed by atoms with E-state index >= 15 is 0 Å². The number of nitrogens with one attached hydrogen (secondary N) is 1. The van der Waals surface area contributed by atoms with E-state index in [1.807, 2.05) is 20.8 Å². The molecule has 1 aliphatic heterocycles. The van der Waals surface area contributed by atoms with Crippen LogP contribution in [0.3, 0.4) is 0 Å². The van der Waals surface area contributed by atoms with Gasteiger partial charge in [-0.05, 0) is 17.5 Å². The average Bonchev–Trinajstić information content (AvgIpc) is 2.41. The molecule has 1 atom stereocenters. The highest BCUT2D eigenvalue weighted by atomic mass is 79.9. The van der Waals surface area contributed by atoms with Crippen LogP contribution in [0.1, 0.15) is 37.9 Å². The van der Waals surface area contributed by atoms with Crippen molar-refractivity contribution >= 4 is 15.9 Å². The van der Waals surface area contributed by atoms with Crippen molar-refractivity contribution in [1.29, 1.82) is 0 Å². The lowest BCUT2D eigenvalue weighted by molar-refractivity contribution is -0.139. The zero-order chi connectivity index (χ0) is 17.4. The highest BCUT2D eigenvalue weighted by Crippen LogP contribution is 2.47. The summed E-state index contributed by atoms with van der Waals surface area (Å²) in [7, 11) is 0. The molecule has 1 fully saturated rings. The number of rotatable bonds is 2. The quantitative estimate of drug-likeness (QED) is 0.789. The standard InChI is InChI=1S/C16H22BrF3N2O/c1-15(2,3)14(22-6-4-21-5-7-22)11-8-10(17)9-12(13(11)23)16(18,19)20/h8-9,14,21,23H,4-7H2,1-3H3/t14-/m1/s1. The molecule has 1 aromatic carbocycles. The number of benzene rings is 1. The maximum absolute atomic E-state index is 13.2. The van der Waals surface area contributed by atoms with E-state index in [9.17, 15) is 18.3 Å². The third kappa shape index (κ3) is 4.19. The van der Waals surface area contributed by atoms with E-state index < -0.39 is 17.5 Å². The van der Waals surface area contributed by atoms with Crippen molar-refractivity contribution in [3.8, 4) is 5.75 Å². The Balaban J connectivity index is 2.57. The normalized spacial score (nSPS) is 18.9. The number of phenolic OH excluding ortho intramolecular Hbond substituents is 1. The molecule has 23 heavy (non-hydrogen) atoms. The second kappa shape index (κ2) is 6.61. The van der Waals surface area contributed by atoms with Crippen molar-refractivity contribution in [2.75, 3.05) is 26.2 Å². The van der Waals surface area contributed by atoms with Crippen molar-refractivity contribution in [1.82, 2.24) is 10.2 Å². The maximum atomic E-state index is 13.2. The third-order valence-corrected chi connectivity index (χ3v) is 4.50. The predicted octanol–water partition coefficient (Wildman–Crippen LogP) is 4.17. The SMILES string of the molecule is CC(C)(C)[C@@H](c1cc(Br)cc(C(F)(F)F)c1O)N1CCNCC1. The first-order valence-corrected chi connectivity index (χ1v) is 8.35. The summed E-state index contributed by atoms with van der Waals surface area (Å²) in [5.74, 6) is -0.667. The maximum Gasteiger partial charge on any atom is 0.420 e. The van der Waals surface area contributed by atoms with Gasteiger partial charge in [-0.15, -0.1) is 0 Å². The van der Waals surface area contributed by atoms with Gasteiger partial charge in [0.2, 0.25) is 0 Å². The molecule has 1 aliphatic rings. The lowest BCUT2D eigenvalue weighted by Gasteiger charge is -2.43. The summed E-state index contributed by atoms with van der Waals surface area (Å²) in [6, 6.07) is 2.22. The zero-order valence-electron chi connectivity index (χ0n) is 13.5. The molecular formula is C16H22BrF3N2O. The van der Waals surface area contributed by atoms with Crippen LogP contribution in [0.4, 0.5) is 13.2 Å². The Labute approximate surface area is 143 Å². The molecule has 0 bridgehead atoms. The number of hydrogen-bond acceptors (Lipinski definition) is 3. The topological polar surface area (TPSA) is 35.5 Å². The molecule has 0 radical (unpaired) electrons. The van der Waals surface area contributed by atoms with Gasteiger partial charge in [-0.2, -0.15) is 13.2 Å². The van der Waals surface area contributed by atoms with E-state index in [0.717, 1.165) is 32.2 Å². The van der Waals surface area contributed by atoms with Crippen molar-refractivity contribution in [3.63, 3.8) is 0 Å². The number of alkyl halides is 3. The molecule has 0 aliphatic carbocycles. The lowest BCUT2D eigenvalue weighted by atomic mass is 9.80. The Morgan fingerprint density at radius 1 is 1.17 bits per heavy atom. The van der Waals surface area contributed by atoms with Gasteiger partial charge in [-0.25, -0.2) is 0 Å². The monoisotopic (exact) mass is 394 g/mol. The van der Waals surface area contributed by atoms with Crippen LogP contribution in [0, 0.1) is 5.41 Å². The number of piperazine rings is 1. The van der Waals surface area contributed by atoms with Gasteiger partial charge >= 0.3 is 6.18 Å². The second-order valence-corrected chi connectivity index (χ2v) is 7.86. The molecule has 7 heteroatoms. The minimum Gasteiger partial charge on any atom is -0.507 e. The lowest BCUT2D eigenvalue weighted by Crippen LogP contribution is -2.48. The Morgan fingerprint density at radius 2 is 1.74 bits per heavy atom. The smallest absolute Gasteiger partial charge is 0.420 e. The van der Waals surface area contributed by atoms with Crippen molar-refractivity contribution in [3.05, 3.63) is 27.7 Å². The van der Waals surface area contributed by atoms with Gasteiger partial charge in [0.05, 0.1) is 5.56 Å². The molecule has 0 spiro atoms. The summed E-state index contributed by atoms with van der Waals surface area (Å²) in [5.41, 5.74) is -0.995. The van der Waals surface area contributed by atoms with Crippen LogP contribution in [-0.4, -0.2) is 36.2 Å². The molecule has 1 saturated heterocycles. The highest BCUT2D eigenvalue weighted by Gasteiger charge is 2.40. The first-order chi connectivity index (χ1) is 10.5. The number of aromatic hydroxyl groups is 1. The van der Waals surface area contributed by atoms with Crippen LogP contribution in [0.25, 0.3) is 0 Å². The van der Waals surface area contributed by atoms with Gasteiger partial charge < -0.3 is 10.4 Å². The summed E-state index contributed by atoms with van der Waals surface area (Å²) in [5, 5.41) is 13.6. The van der Waals surface area contributed by atoms with Crippen molar-refractivity contribution < 1.29 is 18.3 Å². The van der Waals surface area contributed by atoms with Crippen LogP contribution < -0.4 is 5.32 Å². The molecule has 1 heterocycles. The fourth-order valence-corrected chi connectivity index (χ4v) is 3.67. The number of nitrogens with zero attached hydrogens (tertiary/aromatic N) is 1. The Hall–Kier alpha value is -0.790. The van der Waals surface area contributed by atoms with Crippen LogP contribution in [0.5, 0.6) is 5.75 Å². The Morgan fingerprint density at radius 3 is 2.22 bits per heavy atom. The van der Waals surface area contributed by atoms with Crippen molar-refractivity contribution in [2.24, 2.45) is 5.41 Å². The average molecular weight is 395 g/mol. The predicted molar refractivity (Wildman–Crippen MR) is 87.4 cm³/mol. The van der Waals surface area contributed by atoms with E-state index in [-0.39, 0.29) is 11.5 Å². The fourth-order valence-electron chi connectivity index (χ4n) is 3.20. The van der Waals surface area contributed by atoms with Crippen LogP contribution in [-0.2, 0) is 6.18 Å². The fraction of sp³-hybridized carbons (Fsp3) is 0.625. The molecule has 0 unspecified atom stereocenters. The van der Waals surface area contributed by atoms with Crippen LogP contribution >= 0.6 is 15.9 Å². The molecule has 0 saturated carbocycles. The second-order valence-electron chi connectivity index (χ2n) is 6.94. The zero-order valence-corrected chi connectivity index (χ0v) is 15.1. The summed E-state index contributed by atoms with van der Waals surface area (Å²) in [4.78, 5) is 2.14. The molecule has 1 aromatic rings. The molecular weight excluding hydrogens is 373 g/mol. The Bertz CT molecular complexity index is 564. The van der Waals surface area contributed by atoms with Gasteiger partial charge in [-0.1, -0.05) is 36.7 Å². The molecule has 3 nitrogen and oxygen atoms in total. The van der Waals surface area contributed by atoms with Gasteiger partial charge in [0.15, 0.2) is 0 Å². The minimum atomic E-state index is -4.59. The van der Waals surface area contributed by atoms with Crippen LogP contribution in [0.15, 0.2) is 16.6 Å². The number of hydrogen-bond donors (Lipinski definition) is 2. The molecule has 2 N–H and O–H groups in total. The van der Waals surface area contributed by atoms with E-state index in [1.54, 1.807) is 6.07 Å². The van der Waals surface area contributed by atoms with Gasteiger partial charge in [0.1, 0.15) is 5.75 Å². The van der Waals surface area contributed by atoms with Gasteiger partial charge in [0.25, 0.3) is 0 Å². The largest absolute Gasteiger partial charge is 0.507 e. The summed E-state index contributed by atoms with van der Waals surface area (Å²) in [6.07, 6.45) is -4.59. The van der Waals surface area contributed by atoms with E-state index in [0.29, 0.717) is 10.0 Å². The molecule has 2 rings (SSSR count). The van der Waals surface area contributed by atoms with Crippen LogP contribution in [0.2, 0.25) is 0 Å². The van der Waals surface area contributed by atoms with E-state index in [2.05, 4.69) is 26.1 Å². The molecule has 130 valence electrons. The molecule has 0 amide bonds.